The third-order valence-corrected chi connectivity index (χ3v) is 7.79. The van der Waals surface area contributed by atoms with Gasteiger partial charge in [-0.1, -0.05) is 18.2 Å². The molecule has 1 atom stereocenters. The third-order valence-electron chi connectivity index (χ3n) is 7.79. The van der Waals surface area contributed by atoms with Crippen LogP contribution in [0.2, 0.25) is 0 Å². The Morgan fingerprint density at radius 2 is 1.94 bits per heavy atom. The van der Waals surface area contributed by atoms with Crippen molar-refractivity contribution in [2.75, 3.05) is 19.6 Å². The van der Waals surface area contributed by atoms with Crippen molar-refractivity contribution in [2.45, 2.75) is 37.6 Å². The molecule has 2 saturated carbocycles. The first-order chi connectivity index (χ1) is 16.6. The summed E-state index contributed by atoms with van der Waals surface area (Å²) in [6.45, 7) is 2.16. The summed E-state index contributed by atoms with van der Waals surface area (Å²) >= 11 is 0. The highest BCUT2D eigenvalue weighted by Crippen LogP contribution is 2.46. The van der Waals surface area contributed by atoms with Crippen LogP contribution in [0.25, 0.3) is 22.0 Å². The Labute approximate surface area is 197 Å². The number of carbonyl (C=O) groups excluding carboxylic acids is 2. The number of likely N-dealkylation sites (tertiary alicyclic amines) is 1. The number of aromatic nitrogens is 2. The number of hydrogen-bond donors (Lipinski definition) is 1. The van der Waals surface area contributed by atoms with Crippen molar-refractivity contribution in [3.05, 3.63) is 54.5 Å². The summed E-state index contributed by atoms with van der Waals surface area (Å²) in [6.07, 6.45) is 8.45. The molecule has 1 aromatic carbocycles. The van der Waals surface area contributed by atoms with Gasteiger partial charge in [-0.15, -0.1) is 0 Å². The molecule has 0 bridgehead atoms. The SMILES string of the molecule is O=C(C1CC1)N1CC[C@@H](CN2C(=O)C3(CC3)N=C2c2ccc(-c3ccc4cc[nH]c4c3)cn2)C1. The van der Waals surface area contributed by atoms with E-state index in [1.807, 2.05) is 28.3 Å². The van der Waals surface area contributed by atoms with Gasteiger partial charge in [0.2, 0.25) is 5.91 Å². The van der Waals surface area contributed by atoms with Crippen LogP contribution in [0.3, 0.4) is 0 Å². The van der Waals surface area contributed by atoms with Crippen molar-refractivity contribution in [3.8, 4) is 11.1 Å². The first kappa shape index (κ1) is 19.9. The number of nitrogens with zero attached hydrogens (tertiary/aromatic N) is 4. The number of nitrogens with one attached hydrogen (secondary N) is 1. The Morgan fingerprint density at radius 3 is 2.71 bits per heavy atom. The molecule has 1 spiro atoms. The fourth-order valence-electron chi connectivity index (χ4n) is 5.42. The number of rotatable bonds is 5. The van der Waals surface area contributed by atoms with Crippen molar-refractivity contribution in [2.24, 2.45) is 16.8 Å². The van der Waals surface area contributed by atoms with Gasteiger partial charge in [0, 0.05) is 49.0 Å². The summed E-state index contributed by atoms with van der Waals surface area (Å²) in [5.74, 6) is 1.65. The first-order valence-corrected chi connectivity index (χ1v) is 12.3. The molecule has 0 radical (unpaired) electrons. The van der Waals surface area contributed by atoms with Crippen LogP contribution in [-0.2, 0) is 9.59 Å². The van der Waals surface area contributed by atoms with Gasteiger partial charge in [0.25, 0.3) is 5.91 Å². The van der Waals surface area contributed by atoms with Crippen LogP contribution in [0, 0.1) is 11.8 Å². The molecule has 0 unspecified atom stereocenters. The highest BCUT2D eigenvalue weighted by atomic mass is 16.2. The molecule has 1 N–H and O–H groups in total. The molecule has 172 valence electrons. The lowest BCUT2D eigenvalue weighted by Gasteiger charge is -2.23. The number of fused-ring (bicyclic) bond motifs is 1. The number of amidine groups is 1. The van der Waals surface area contributed by atoms with E-state index in [2.05, 4.69) is 35.3 Å². The van der Waals surface area contributed by atoms with E-state index in [4.69, 9.17) is 9.98 Å². The van der Waals surface area contributed by atoms with Crippen molar-refractivity contribution < 1.29 is 9.59 Å². The number of H-pyrrole nitrogens is 1. The van der Waals surface area contributed by atoms with Gasteiger partial charge in [0.05, 0.1) is 0 Å². The second-order valence-corrected chi connectivity index (χ2v) is 10.3. The maximum absolute atomic E-state index is 13.3. The molecule has 3 fully saturated rings. The van der Waals surface area contributed by atoms with E-state index in [1.54, 1.807) is 0 Å². The van der Waals surface area contributed by atoms with Gasteiger partial charge in [0.15, 0.2) is 5.84 Å². The summed E-state index contributed by atoms with van der Waals surface area (Å²) < 4.78 is 0. The zero-order valence-electron chi connectivity index (χ0n) is 19.0. The maximum atomic E-state index is 13.3. The summed E-state index contributed by atoms with van der Waals surface area (Å²) in [7, 11) is 0. The molecule has 4 aliphatic rings. The average Bonchev–Trinajstić information content (AvgIpc) is 3.74. The minimum Gasteiger partial charge on any atom is -0.361 e. The summed E-state index contributed by atoms with van der Waals surface area (Å²) in [6, 6.07) is 12.4. The largest absolute Gasteiger partial charge is 0.361 e. The van der Waals surface area contributed by atoms with Gasteiger partial charge < -0.3 is 9.88 Å². The molecule has 2 aliphatic heterocycles. The molecule has 4 heterocycles. The lowest BCUT2D eigenvalue weighted by Crippen LogP contribution is -2.41. The third kappa shape index (κ3) is 3.25. The molecule has 7 nitrogen and oxygen atoms in total. The monoisotopic (exact) mass is 453 g/mol. The van der Waals surface area contributed by atoms with E-state index in [0.29, 0.717) is 18.3 Å². The Morgan fingerprint density at radius 1 is 1.09 bits per heavy atom. The van der Waals surface area contributed by atoms with Crippen LogP contribution in [0.15, 0.2) is 53.8 Å². The second kappa shape index (κ2) is 7.26. The smallest absolute Gasteiger partial charge is 0.256 e. The molecule has 3 aromatic rings. The molecule has 34 heavy (non-hydrogen) atoms. The van der Waals surface area contributed by atoms with Crippen LogP contribution in [-0.4, -0.2) is 62.6 Å². The van der Waals surface area contributed by atoms with Crippen LogP contribution in [0.5, 0.6) is 0 Å². The molecule has 7 rings (SSSR count). The van der Waals surface area contributed by atoms with Crippen LogP contribution >= 0.6 is 0 Å². The molecule has 2 amide bonds. The van der Waals surface area contributed by atoms with E-state index in [9.17, 15) is 9.59 Å². The summed E-state index contributed by atoms with van der Waals surface area (Å²) in [5, 5.41) is 1.18. The molecule has 2 aromatic heterocycles. The minimum atomic E-state index is -0.559. The van der Waals surface area contributed by atoms with Crippen molar-refractivity contribution in [1.82, 2.24) is 19.8 Å². The van der Waals surface area contributed by atoms with Crippen molar-refractivity contribution in [1.29, 1.82) is 0 Å². The summed E-state index contributed by atoms with van der Waals surface area (Å²) in [5.41, 5.74) is 3.41. The van der Waals surface area contributed by atoms with Crippen molar-refractivity contribution in [3.63, 3.8) is 0 Å². The molecule has 7 heteroatoms. The zero-order chi connectivity index (χ0) is 22.9. The standard InChI is InChI=1S/C27H27N5O2/c33-25(19-2-3-19)31-12-8-17(15-31)16-32-24(30-27(9-10-27)26(32)34)22-6-5-21(14-29-22)20-4-1-18-7-11-28-23(18)13-20/h1,4-7,11,13-14,17,19,28H,2-3,8-10,12,15-16H2/t17-/m1/s1. The Kier molecular flexibility index (Phi) is 4.26. The van der Waals surface area contributed by atoms with Crippen molar-refractivity contribution >= 4 is 28.6 Å². The molecular weight excluding hydrogens is 426 g/mol. The normalized spacial score (nSPS) is 23.2. The highest BCUT2D eigenvalue weighted by Gasteiger charge is 2.57. The zero-order valence-corrected chi connectivity index (χ0v) is 19.0. The fraction of sp³-hybridized carbons (Fsp3) is 0.407. The number of pyridine rings is 1. The van der Waals surface area contributed by atoms with Gasteiger partial charge in [-0.2, -0.15) is 0 Å². The van der Waals surface area contributed by atoms with Gasteiger partial charge in [-0.05, 0) is 67.2 Å². The maximum Gasteiger partial charge on any atom is 0.256 e. The number of carbonyl (C=O) groups is 2. The lowest BCUT2D eigenvalue weighted by atomic mass is 10.1. The molecule has 1 saturated heterocycles. The Hall–Kier alpha value is -3.48. The van der Waals surface area contributed by atoms with Crippen LogP contribution in [0.4, 0.5) is 0 Å². The number of amides is 2. The fourth-order valence-corrected chi connectivity index (χ4v) is 5.42. The van der Waals surface area contributed by atoms with E-state index < -0.39 is 5.54 Å². The Balaban J connectivity index is 1.12. The number of aliphatic imine (C=N–C) groups is 1. The van der Waals surface area contributed by atoms with E-state index >= 15 is 0 Å². The second-order valence-electron chi connectivity index (χ2n) is 10.3. The predicted molar refractivity (Wildman–Crippen MR) is 129 cm³/mol. The van der Waals surface area contributed by atoms with E-state index in [1.165, 1.54) is 5.39 Å². The Bertz CT molecular complexity index is 1330. The topological polar surface area (TPSA) is 81.7 Å². The number of hydrogen-bond acceptors (Lipinski definition) is 4. The highest BCUT2D eigenvalue weighted by molar-refractivity contribution is 6.15. The van der Waals surface area contributed by atoms with E-state index in [0.717, 1.165) is 67.5 Å². The lowest BCUT2D eigenvalue weighted by molar-refractivity contribution is -0.131. The summed E-state index contributed by atoms with van der Waals surface area (Å²) in [4.78, 5) is 42.5. The van der Waals surface area contributed by atoms with Gasteiger partial charge in [-0.25, -0.2) is 4.99 Å². The first-order valence-electron chi connectivity index (χ1n) is 12.3. The average molecular weight is 454 g/mol. The predicted octanol–water partition coefficient (Wildman–Crippen LogP) is 3.61. The molecule has 2 aliphatic carbocycles. The van der Waals surface area contributed by atoms with Gasteiger partial charge in [0.1, 0.15) is 11.2 Å². The minimum absolute atomic E-state index is 0.109. The van der Waals surface area contributed by atoms with Crippen LogP contribution in [0.1, 0.15) is 37.8 Å². The van der Waals surface area contributed by atoms with Gasteiger partial charge in [-0.3, -0.25) is 19.5 Å². The van der Waals surface area contributed by atoms with Gasteiger partial charge >= 0.3 is 0 Å². The van der Waals surface area contributed by atoms with Crippen LogP contribution < -0.4 is 0 Å². The van der Waals surface area contributed by atoms with E-state index in [-0.39, 0.29) is 17.7 Å². The molecular formula is C27H27N5O2. The quantitative estimate of drug-likeness (QED) is 0.641. The number of benzene rings is 1. The number of aromatic amines is 1.